The van der Waals surface area contributed by atoms with Gasteiger partial charge in [-0.25, -0.2) is 4.98 Å². The highest BCUT2D eigenvalue weighted by molar-refractivity contribution is 7.13. The second kappa shape index (κ2) is 8.83. The first-order valence-electron chi connectivity index (χ1n) is 8.19. The van der Waals surface area contributed by atoms with Crippen LogP contribution in [0.1, 0.15) is 22.4 Å². The SMILES string of the molecule is COc1ccc(C=NNc2nc(C)cs2)cc1COc1ccc(C#N)cc1. The van der Waals surface area contributed by atoms with Crippen LogP contribution in [0.3, 0.4) is 0 Å². The van der Waals surface area contributed by atoms with E-state index in [-0.39, 0.29) is 0 Å². The first-order chi connectivity index (χ1) is 13.2. The highest BCUT2D eigenvalue weighted by Crippen LogP contribution is 2.22. The lowest BCUT2D eigenvalue weighted by atomic mass is 10.1. The van der Waals surface area contributed by atoms with Gasteiger partial charge in [0.15, 0.2) is 0 Å². The fourth-order valence-corrected chi connectivity index (χ4v) is 2.98. The smallest absolute Gasteiger partial charge is 0.203 e. The van der Waals surface area contributed by atoms with Crippen molar-refractivity contribution in [3.63, 3.8) is 0 Å². The molecule has 6 nitrogen and oxygen atoms in total. The molecule has 0 bridgehead atoms. The third kappa shape index (κ3) is 5.06. The van der Waals surface area contributed by atoms with Gasteiger partial charge < -0.3 is 9.47 Å². The summed E-state index contributed by atoms with van der Waals surface area (Å²) in [6.07, 6.45) is 1.72. The summed E-state index contributed by atoms with van der Waals surface area (Å²) in [6.45, 7) is 2.28. The highest BCUT2D eigenvalue weighted by atomic mass is 32.1. The molecule has 1 aromatic heterocycles. The van der Waals surface area contributed by atoms with Crippen LogP contribution in [0.4, 0.5) is 5.13 Å². The minimum atomic E-state index is 0.343. The van der Waals surface area contributed by atoms with Gasteiger partial charge in [-0.2, -0.15) is 10.4 Å². The Bertz CT molecular complexity index is 974. The van der Waals surface area contributed by atoms with Crippen molar-refractivity contribution in [2.45, 2.75) is 13.5 Å². The van der Waals surface area contributed by atoms with E-state index in [4.69, 9.17) is 14.7 Å². The lowest BCUT2D eigenvalue weighted by Gasteiger charge is -2.11. The van der Waals surface area contributed by atoms with Crippen molar-refractivity contribution in [3.8, 4) is 17.6 Å². The Labute approximate surface area is 161 Å². The van der Waals surface area contributed by atoms with E-state index in [1.54, 1.807) is 37.6 Å². The molecule has 0 radical (unpaired) electrons. The number of anilines is 1. The van der Waals surface area contributed by atoms with E-state index in [1.165, 1.54) is 11.3 Å². The summed E-state index contributed by atoms with van der Waals surface area (Å²) in [7, 11) is 1.63. The normalized spacial score (nSPS) is 10.6. The van der Waals surface area contributed by atoms with Crippen molar-refractivity contribution in [1.29, 1.82) is 5.26 Å². The van der Waals surface area contributed by atoms with Crippen LogP contribution in [-0.4, -0.2) is 18.3 Å². The summed E-state index contributed by atoms with van der Waals surface area (Å²) < 4.78 is 11.2. The zero-order valence-electron chi connectivity index (χ0n) is 15.0. The van der Waals surface area contributed by atoms with E-state index in [0.717, 1.165) is 27.7 Å². The molecule has 0 atom stereocenters. The third-order valence-electron chi connectivity index (χ3n) is 3.68. The van der Waals surface area contributed by atoms with Crippen molar-refractivity contribution in [1.82, 2.24) is 4.98 Å². The van der Waals surface area contributed by atoms with Crippen molar-refractivity contribution in [2.24, 2.45) is 5.10 Å². The number of benzene rings is 2. The van der Waals surface area contributed by atoms with Crippen LogP contribution in [-0.2, 0) is 6.61 Å². The zero-order valence-corrected chi connectivity index (χ0v) is 15.8. The number of methoxy groups -OCH3 is 1. The van der Waals surface area contributed by atoms with Crippen LogP contribution >= 0.6 is 11.3 Å². The molecule has 0 aliphatic heterocycles. The highest BCUT2D eigenvalue weighted by Gasteiger charge is 2.06. The molecule has 3 rings (SSSR count). The van der Waals surface area contributed by atoms with E-state index in [9.17, 15) is 0 Å². The van der Waals surface area contributed by atoms with Crippen molar-refractivity contribution in [3.05, 3.63) is 70.2 Å². The van der Waals surface area contributed by atoms with Crippen LogP contribution in [0.5, 0.6) is 11.5 Å². The molecular weight excluding hydrogens is 360 g/mol. The second-order valence-corrected chi connectivity index (χ2v) is 6.52. The van der Waals surface area contributed by atoms with Gasteiger partial charge in [-0.3, -0.25) is 5.43 Å². The number of hydrazone groups is 1. The summed E-state index contributed by atoms with van der Waals surface area (Å²) in [5.74, 6) is 1.43. The molecule has 27 heavy (non-hydrogen) atoms. The van der Waals surface area contributed by atoms with Crippen LogP contribution in [0.15, 0.2) is 52.9 Å². The maximum Gasteiger partial charge on any atom is 0.203 e. The second-order valence-electron chi connectivity index (χ2n) is 5.66. The summed E-state index contributed by atoms with van der Waals surface area (Å²) in [5, 5.41) is 15.8. The first kappa shape index (κ1) is 18.4. The quantitative estimate of drug-likeness (QED) is 0.488. The van der Waals surface area contributed by atoms with Crippen LogP contribution in [0.2, 0.25) is 0 Å². The Morgan fingerprint density at radius 3 is 2.74 bits per heavy atom. The third-order valence-corrected chi connectivity index (χ3v) is 4.54. The van der Waals surface area contributed by atoms with Gasteiger partial charge in [-0.05, 0) is 55.0 Å². The van der Waals surface area contributed by atoms with Crippen LogP contribution in [0.25, 0.3) is 0 Å². The average molecular weight is 378 g/mol. The monoisotopic (exact) mass is 378 g/mol. The van der Waals surface area contributed by atoms with E-state index in [1.807, 2.05) is 30.5 Å². The van der Waals surface area contributed by atoms with Gasteiger partial charge in [-0.1, -0.05) is 0 Å². The lowest BCUT2D eigenvalue weighted by Crippen LogP contribution is -2.00. The topological polar surface area (TPSA) is 79.5 Å². The van der Waals surface area contributed by atoms with Crippen molar-refractivity contribution in [2.75, 3.05) is 12.5 Å². The Morgan fingerprint density at radius 2 is 2.07 bits per heavy atom. The molecule has 0 aliphatic carbocycles. The number of nitrogens with zero attached hydrogens (tertiary/aromatic N) is 3. The molecule has 0 unspecified atom stereocenters. The fraction of sp³-hybridized carbons (Fsp3) is 0.150. The molecule has 0 fully saturated rings. The molecule has 0 spiro atoms. The fourth-order valence-electron chi connectivity index (χ4n) is 2.35. The van der Waals surface area contributed by atoms with Gasteiger partial charge in [0.05, 0.1) is 30.7 Å². The van der Waals surface area contributed by atoms with Gasteiger partial charge in [0.2, 0.25) is 5.13 Å². The zero-order chi connectivity index (χ0) is 19.1. The molecule has 1 heterocycles. The number of ether oxygens (including phenoxy) is 2. The summed E-state index contributed by atoms with van der Waals surface area (Å²) >= 11 is 1.51. The molecule has 7 heteroatoms. The summed E-state index contributed by atoms with van der Waals surface area (Å²) in [6, 6.07) is 14.8. The molecule has 0 amide bonds. The molecule has 3 aromatic rings. The van der Waals surface area contributed by atoms with Gasteiger partial charge in [0, 0.05) is 10.9 Å². The predicted octanol–water partition coefficient (Wildman–Crippen LogP) is 4.36. The molecule has 0 saturated carbocycles. The molecule has 0 aliphatic rings. The Balaban J connectivity index is 1.67. The largest absolute Gasteiger partial charge is 0.496 e. The van der Waals surface area contributed by atoms with Crippen LogP contribution < -0.4 is 14.9 Å². The number of hydrogen-bond acceptors (Lipinski definition) is 7. The summed E-state index contributed by atoms with van der Waals surface area (Å²) in [5.41, 5.74) is 6.29. The molecular formula is C20H18N4O2S. The minimum absolute atomic E-state index is 0.343. The number of rotatable bonds is 7. The first-order valence-corrected chi connectivity index (χ1v) is 9.07. The van der Waals surface area contributed by atoms with Gasteiger partial charge >= 0.3 is 0 Å². The predicted molar refractivity (Wildman–Crippen MR) is 107 cm³/mol. The Kier molecular flexibility index (Phi) is 6.02. The standard InChI is InChI=1S/C20H18N4O2S/c1-14-13-27-20(23-14)24-22-11-16-5-8-19(25-2)17(9-16)12-26-18-6-3-15(10-21)4-7-18/h3-9,11,13H,12H2,1-2H3,(H,23,24). The van der Waals surface area contributed by atoms with Crippen LogP contribution in [0, 0.1) is 18.3 Å². The lowest BCUT2D eigenvalue weighted by molar-refractivity contribution is 0.296. The Morgan fingerprint density at radius 1 is 1.26 bits per heavy atom. The number of aryl methyl sites for hydroxylation is 1. The number of aromatic nitrogens is 1. The Hall–Kier alpha value is -3.37. The maximum absolute atomic E-state index is 8.85. The van der Waals surface area contributed by atoms with E-state index < -0.39 is 0 Å². The number of nitrogens with one attached hydrogen (secondary N) is 1. The molecule has 2 aromatic carbocycles. The number of hydrogen-bond donors (Lipinski definition) is 1. The van der Waals surface area contributed by atoms with E-state index >= 15 is 0 Å². The summed E-state index contributed by atoms with van der Waals surface area (Å²) in [4.78, 5) is 4.30. The van der Waals surface area contributed by atoms with Gasteiger partial charge in [-0.15, -0.1) is 11.3 Å². The van der Waals surface area contributed by atoms with E-state index in [2.05, 4.69) is 21.6 Å². The van der Waals surface area contributed by atoms with Crippen molar-refractivity contribution >= 4 is 22.7 Å². The number of thiazole rings is 1. The molecule has 136 valence electrons. The molecule has 1 N–H and O–H groups in total. The van der Waals surface area contributed by atoms with Gasteiger partial charge in [0.1, 0.15) is 18.1 Å². The molecule has 0 saturated heterocycles. The number of nitriles is 1. The van der Waals surface area contributed by atoms with Crippen molar-refractivity contribution < 1.29 is 9.47 Å². The van der Waals surface area contributed by atoms with E-state index in [0.29, 0.717) is 17.9 Å². The average Bonchev–Trinajstić information content (AvgIpc) is 3.12. The minimum Gasteiger partial charge on any atom is -0.496 e. The van der Waals surface area contributed by atoms with Gasteiger partial charge in [0.25, 0.3) is 0 Å². The maximum atomic E-state index is 8.85.